The normalized spacial score (nSPS) is 25.3. The van der Waals surface area contributed by atoms with Crippen molar-refractivity contribution in [1.29, 1.82) is 0 Å². The van der Waals surface area contributed by atoms with Gasteiger partial charge in [-0.2, -0.15) is 0 Å². The van der Waals surface area contributed by atoms with E-state index in [1.165, 1.54) is 19.3 Å². The fraction of sp³-hybridized carbons (Fsp3) is 0.579. The Hall–Kier alpha value is -1.84. The summed E-state index contributed by atoms with van der Waals surface area (Å²) in [5.74, 6) is 0.739. The summed E-state index contributed by atoms with van der Waals surface area (Å²) in [4.78, 5) is 26.2. The summed E-state index contributed by atoms with van der Waals surface area (Å²) in [6.45, 7) is 3.00. The number of nitrogens with one attached hydrogen (secondary N) is 1. The highest BCUT2D eigenvalue weighted by Crippen LogP contribution is 2.25. The first-order valence-electron chi connectivity index (χ1n) is 8.86. The molecule has 1 heterocycles. The van der Waals surface area contributed by atoms with Crippen LogP contribution < -0.4 is 10.2 Å². The zero-order valence-electron chi connectivity index (χ0n) is 13.9. The molecular weight excluding hydrogens is 288 g/mol. The van der Waals surface area contributed by atoms with Crippen LogP contribution in [0.15, 0.2) is 24.3 Å². The maximum absolute atomic E-state index is 12.4. The van der Waals surface area contributed by atoms with Crippen molar-refractivity contribution in [3.05, 3.63) is 29.8 Å². The van der Waals surface area contributed by atoms with Gasteiger partial charge in [0.2, 0.25) is 5.91 Å². The van der Waals surface area contributed by atoms with E-state index in [0.29, 0.717) is 23.9 Å². The van der Waals surface area contributed by atoms with E-state index in [1.54, 1.807) is 0 Å². The Morgan fingerprint density at radius 3 is 2.52 bits per heavy atom. The molecule has 1 saturated heterocycles. The van der Waals surface area contributed by atoms with Crippen LogP contribution in [0.3, 0.4) is 0 Å². The van der Waals surface area contributed by atoms with E-state index >= 15 is 0 Å². The molecule has 0 aromatic heterocycles. The fourth-order valence-electron chi connectivity index (χ4n) is 3.65. The van der Waals surface area contributed by atoms with Crippen LogP contribution in [-0.4, -0.2) is 24.4 Å². The van der Waals surface area contributed by atoms with E-state index in [4.69, 9.17) is 0 Å². The number of benzene rings is 1. The van der Waals surface area contributed by atoms with Gasteiger partial charge in [0.15, 0.2) is 0 Å². The van der Waals surface area contributed by atoms with Crippen molar-refractivity contribution in [2.24, 2.45) is 5.92 Å². The smallest absolute Gasteiger partial charge is 0.251 e. The molecule has 1 aromatic rings. The standard InChI is InChI=1S/C19H26N2O2/c1-14-6-2-3-7-17(14)20-19(23)15-9-11-16(12-10-15)21-13-5-4-8-18(21)22/h9-12,14,17H,2-8,13H2,1H3,(H,20,23). The summed E-state index contributed by atoms with van der Waals surface area (Å²) in [5.41, 5.74) is 1.58. The summed E-state index contributed by atoms with van der Waals surface area (Å²) in [7, 11) is 0. The van der Waals surface area contributed by atoms with Gasteiger partial charge in [-0.25, -0.2) is 0 Å². The number of anilines is 1. The maximum atomic E-state index is 12.4. The Morgan fingerprint density at radius 2 is 1.83 bits per heavy atom. The van der Waals surface area contributed by atoms with Gasteiger partial charge >= 0.3 is 0 Å². The van der Waals surface area contributed by atoms with E-state index in [2.05, 4.69) is 12.2 Å². The van der Waals surface area contributed by atoms with E-state index in [9.17, 15) is 9.59 Å². The third-order valence-corrected chi connectivity index (χ3v) is 5.19. The molecule has 4 nitrogen and oxygen atoms in total. The molecule has 2 fully saturated rings. The topological polar surface area (TPSA) is 49.4 Å². The molecule has 0 radical (unpaired) electrons. The van der Waals surface area contributed by atoms with Gasteiger partial charge in [0.05, 0.1) is 0 Å². The molecule has 2 aliphatic rings. The average molecular weight is 314 g/mol. The van der Waals surface area contributed by atoms with E-state index < -0.39 is 0 Å². The summed E-state index contributed by atoms with van der Waals surface area (Å²) in [6, 6.07) is 7.74. The molecule has 1 N–H and O–H groups in total. The third-order valence-electron chi connectivity index (χ3n) is 5.19. The molecule has 23 heavy (non-hydrogen) atoms. The van der Waals surface area contributed by atoms with Crippen molar-refractivity contribution in [1.82, 2.24) is 5.32 Å². The van der Waals surface area contributed by atoms with Gasteiger partial charge in [-0.1, -0.05) is 19.8 Å². The Morgan fingerprint density at radius 1 is 1.09 bits per heavy atom. The number of carbonyl (C=O) groups excluding carboxylic acids is 2. The number of hydrogen-bond donors (Lipinski definition) is 1. The molecule has 1 aromatic carbocycles. The predicted molar refractivity (Wildman–Crippen MR) is 91.5 cm³/mol. The molecule has 2 amide bonds. The van der Waals surface area contributed by atoms with Crippen LogP contribution in [0, 0.1) is 5.92 Å². The van der Waals surface area contributed by atoms with Crippen molar-refractivity contribution < 1.29 is 9.59 Å². The first-order valence-corrected chi connectivity index (χ1v) is 8.86. The minimum absolute atomic E-state index is 0.000251. The lowest BCUT2D eigenvalue weighted by atomic mass is 9.86. The van der Waals surface area contributed by atoms with Gasteiger partial charge in [0, 0.05) is 30.3 Å². The van der Waals surface area contributed by atoms with Crippen LogP contribution >= 0.6 is 0 Å². The fourth-order valence-corrected chi connectivity index (χ4v) is 3.65. The van der Waals surface area contributed by atoms with Crippen molar-refractivity contribution in [2.45, 2.75) is 57.9 Å². The SMILES string of the molecule is CC1CCCCC1NC(=O)c1ccc(N2CCCCC2=O)cc1. The molecule has 2 atom stereocenters. The Labute approximate surface area is 138 Å². The molecular formula is C19H26N2O2. The molecule has 0 bridgehead atoms. The van der Waals surface area contributed by atoms with E-state index in [0.717, 1.165) is 31.5 Å². The van der Waals surface area contributed by atoms with Crippen LogP contribution in [0.5, 0.6) is 0 Å². The van der Waals surface area contributed by atoms with Crippen LogP contribution in [-0.2, 0) is 4.79 Å². The van der Waals surface area contributed by atoms with Crippen LogP contribution in [0.25, 0.3) is 0 Å². The second-order valence-electron chi connectivity index (χ2n) is 6.89. The highest BCUT2D eigenvalue weighted by molar-refractivity contribution is 5.97. The summed E-state index contributed by atoms with van der Waals surface area (Å²) in [6.07, 6.45) is 7.40. The number of amides is 2. The number of hydrogen-bond acceptors (Lipinski definition) is 2. The quantitative estimate of drug-likeness (QED) is 0.928. The van der Waals surface area contributed by atoms with Gasteiger partial charge in [-0.3, -0.25) is 9.59 Å². The summed E-state index contributed by atoms with van der Waals surface area (Å²) >= 11 is 0. The van der Waals surface area contributed by atoms with Crippen molar-refractivity contribution in [3.8, 4) is 0 Å². The van der Waals surface area contributed by atoms with Gasteiger partial charge in [-0.15, -0.1) is 0 Å². The van der Waals surface area contributed by atoms with E-state index in [-0.39, 0.29) is 11.8 Å². The minimum Gasteiger partial charge on any atom is -0.349 e. The molecule has 1 aliphatic heterocycles. The number of piperidine rings is 1. The molecule has 124 valence electrons. The van der Waals surface area contributed by atoms with Gasteiger partial charge < -0.3 is 10.2 Å². The molecule has 0 spiro atoms. The monoisotopic (exact) mass is 314 g/mol. The van der Waals surface area contributed by atoms with Gasteiger partial charge in [0.1, 0.15) is 0 Å². The molecule has 4 heteroatoms. The van der Waals surface area contributed by atoms with Crippen LogP contribution in [0.2, 0.25) is 0 Å². The maximum Gasteiger partial charge on any atom is 0.251 e. The zero-order chi connectivity index (χ0) is 16.2. The van der Waals surface area contributed by atoms with Gasteiger partial charge in [0.25, 0.3) is 5.91 Å². The molecule has 1 aliphatic carbocycles. The first kappa shape index (κ1) is 16.0. The number of nitrogens with zero attached hydrogens (tertiary/aromatic N) is 1. The summed E-state index contributed by atoms with van der Waals surface area (Å²) < 4.78 is 0. The third kappa shape index (κ3) is 3.74. The first-order chi connectivity index (χ1) is 11.1. The number of rotatable bonds is 3. The lowest BCUT2D eigenvalue weighted by Crippen LogP contribution is -2.41. The Bertz CT molecular complexity index is 567. The van der Waals surface area contributed by atoms with Gasteiger partial charge in [-0.05, 0) is 55.9 Å². The summed E-state index contributed by atoms with van der Waals surface area (Å²) in [5, 5.41) is 3.17. The highest BCUT2D eigenvalue weighted by atomic mass is 16.2. The van der Waals surface area contributed by atoms with E-state index in [1.807, 2.05) is 29.2 Å². The molecule has 1 saturated carbocycles. The Kier molecular flexibility index (Phi) is 4.99. The Balaban J connectivity index is 1.64. The second-order valence-corrected chi connectivity index (χ2v) is 6.89. The largest absolute Gasteiger partial charge is 0.349 e. The van der Waals surface area contributed by atoms with Crippen LogP contribution in [0.1, 0.15) is 62.2 Å². The van der Waals surface area contributed by atoms with Crippen molar-refractivity contribution in [2.75, 3.05) is 11.4 Å². The molecule has 3 rings (SSSR count). The van der Waals surface area contributed by atoms with Crippen molar-refractivity contribution in [3.63, 3.8) is 0 Å². The lowest BCUT2D eigenvalue weighted by Gasteiger charge is -2.29. The molecule has 2 unspecified atom stereocenters. The minimum atomic E-state index is 0.000251. The average Bonchev–Trinajstić information content (AvgIpc) is 2.57. The highest BCUT2D eigenvalue weighted by Gasteiger charge is 2.24. The number of carbonyl (C=O) groups is 2. The lowest BCUT2D eigenvalue weighted by molar-refractivity contribution is -0.119. The zero-order valence-corrected chi connectivity index (χ0v) is 13.9. The van der Waals surface area contributed by atoms with Crippen molar-refractivity contribution >= 4 is 17.5 Å². The van der Waals surface area contributed by atoms with Crippen LogP contribution in [0.4, 0.5) is 5.69 Å². The second kappa shape index (κ2) is 7.16. The predicted octanol–water partition coefficient (Wildman–Crippen LogP) is 3.51.